The number of carbonyl (C=O) groups excluding carboxylic acids is 2. The third-order valence-electron chi connectivity index (χ3n) is 11.0. The molecule has 2 N–H and O–H groups in total. The first kappa shape index (κ1) is 60.1. The Morgan fingerprint density at radius 1 is 0.549 bits per heavy atom. The quantitative estimate of drug-likeness (QED) is 0.0848. The first-order valence-corrected chi connectivity index (χ1v) is 25.0. The zero-order valence-electron chi connectivity index (χ0n) is 43.3. The predicted octanol–water partition coefficient (Wildman–Crippen LogP) is 17.5. The van der Waals surface area contributed by atoms with Crippen molar-refractivity contribution in [3.05, 3.63) is 178 Å². The maximum absolute atomic E-state index is 10.0. The van der Waals surface area contributed by atoms with E-state index in [1.807, 2.05) is 35.1 Å². The topological polar surface area (TPSA) is 100 Å². The molecule has 0 aliphatic carbocycles. The van der Waals surface area contributed by atoms with Gasteiger partial charge >= 0.3 is 0 Å². The largest absolute Gasteiger partial charge is 0.512 e. The molecule has 0 bridgehead atoms. The van der Waals surface area contributed by atoms with Crippen LogP contribution in [0, 0.1) is 39.8 Å². The van der Waals surface area contributed by atoms with Crippen molar-refractivity contribution in [3.63, 3.8) is 0 Å². The number of pyridine rings is 2. The Balaban J connectivity index is 0.000000291. The number of aliphatic hydroxyl groups is 2. The van der Waals surface area contributed by atoms with Crippen molar-refractivity contribution in [2.24, 2.45) is 0 Å². The first-order chi connectivity index (χ1) is 32.6. The molecule has 8 rings (SSSR count). The summed E-state index contributed by atoms with van der Waals surface area (Å²) in [6.45, 7) is 27.7. The van der Waals surface area contributed by atoms with Crippen LogP contribution in [0.1, 0.15) is 126 Å². The minimum Gasteiger partial charge on any atom is -0.512 e. The molecule has 8 aromatic rings. The Labute approximate surface area is 457 Å². The van der Waals surface area contributed by atoms with Crippen LogP contribution in [-0.2, 0) is 49.8 Å². The molecule has 4 aromatic heterocycles. The van der Waals surface area contributed by atoms with E-state index < -0.39 is 0 Å². The van der Waals surface area contributed by atoms with E-state index in [9.17, 15) is 9.59 Å². The summed E-state index contributed by atoms with van der Waals surface area (Å²) in [5.74, 6) is 1.42. The molecule has 0 aliphatic heterocycles. The summed E-state index contributed by atoms with van der Waals surface area (Å²) in [7, 11) is 0. The fourth-order valence-corrected chi connectivity index (χ4v) is 10.2. The van der Waals surface area contributed by atoms with Gasteiger partial charge in [0.15, 0.2) is 11.6 Å². The van der Waals surface area contributed by atoms with Crippen LogP contribution in [-0.4, -0.2) is 31.7 Å². The van der Waals surface area contributed by atoms with Gasteiger partial charge in [-0.1, -0.05) is 124 Å². The second kappa shape index (κ2) is 27.6. The molecule has 0 fully saturated rings. The Hall–Kier alpha value is -5.18. The number of fused-ring (bicyclic) bond motifs is 2. The Kier molecular flexibility index (Phi) is 23.4. The van der Waals surface area contributed by atoms with Crippen LogP contribution in [0.2, 0.25) is 0 Å². The summed E-state index contributed by atoms with van der Waals surface area (Å²) in [5, 5.41) is 19.1. The van der Waals surface area contributed by atoms with Crippen molar-refractivity contribution in [1.29, 1.82) is 0 Å². The number of hydrogen-bond acceptors (Lipinski definition) is 8. The second-order valence-electron chi connectivity index (χ2n) is 18.6. The van der Waals surface area contributed by atoms with E-state index in [2.05, 4.69) is 177 Å². The predicted molar refractivity (Wildman–Crippen MR) is 294 cm³/mol. The van der Waals surface area contributed by atoms with Crippen molar-refractivity contribution in [2.75, 3.05) is 0 Å². The standard InChI is InChI=1S/C27H28NS.C24H22NS.2C5H8O2.2Ir/c1-16(2)22-8-7-9-23(17(3)4)27(22)26-13-21-15-28-24(14-25(21)29-26)20-11-18(5)10-19(6)12-20;1-15(2)18-5-7-19(8-6-18)23-12-21-14-25-22(13-24(21)26-23)20-10-16(3)9-17(4)11-20;2*1-4(6)3-5(2)7;;/h7-11,13-17H,1-6H3;5-10,12-15H,1-4H3;2*3,6H,1-2H3;;/q2*-1;;;;. The van der Waals surface area contributed by atoms with Crippen LogP contribution < -0.4 is 0 Å². The van der Waals surface area contributed by atoms with Crippen molar-refractivity contribution < 1.29 is 60.0 Å². The fourth-order valence-electron chi connectivity index (χ4n) is 7.95. The Bertz CT molecular complexity index is 3040. The number of benzene rings is 4. The van der Waals surface area contributed by atoms with Gasteiger partial charge in [0.2, 0.25) is 0 Å². The van der Waals surface area contributed by atoms with E-state index in [1.165, 1.54) is 109 Å². The van der Waals surface area contributed by atoms with Gasteiger partial charge in [0.05, 0.1) is 11.5 Å². The average molecular weight is 1340 g/mol. The third kappa shape index (κ3) is 17.5. The molecule has 0 saturated heterocycles. The van der Waals surface area contributed by atoms with Gasteiger partial charge in [0.1, 0.15) is 0 Å². The van der Waals surface area contributed by atoms with Crippen molar-refractivity contribution in [1.82, 2.24) is 9.97 Å². The van der Waals surface area contributed by atoms with Crippen LogP contribution in [0.3, 0.4) is 0 Å². The van der Waals surface area contributed by atoms with Crippen molar-refractivity contribution in [3.8, 4) is 43.4 Å². The maximum atomic E-state index is 10.0. The van der Waals surface area contributed by atoms with E-state index in [1.54, 1.807) is 0 Å². The van der Waals surface area contributed by atoms with E-state index in [-0.39, 0.29) is 63.3 Å². The van der Waals surface area contributed by atoms with Gasteiger partial charge < -0.3 is 20.2 Å². The van der Waals surface area contributed by atoms with E-state index >= 15 is 0 Å². The van der Waals surface area contributed by atoms with Gasteiger partial charge in [0.25, 0.3) is 0 Å². The molecule has 0 unspecified atom stereocenters. The smallest absolute Gasteiger partial charge is 0.155 e. The number of hydrogen-bond donors (Lipinski definition) is 2. The normalized spacial score (nSPS) is 11.2. The summed E-state index contributed by atoms with van der Waals surface area (Å²) < 4.78 is 2.55. The zero-order valence-corrected chi connectivity index (χ0v) is 49.7. The average Bonchev–Trinajstić information content (AvgIpc) is 3.89. The zero-order chi connectivity index (χ0) is 50.7. The minimum atomic E-state index is -0.125. The molecule has 71 heavy (non-hydrogen) atoms. The van der Waals surface area contributed by atoms with Crippen LogP contribution in [0.15, 0.2) is 127 Å². The number of carbonyl (C=O) groups is 2. The number of thiophene rings is 2. The number of rotatable bonds is 9. The number of ketones is 2. The first-order valence-electron chi connectivity index (χ1n) is 23.4. The minimum absolute atomic E-state index is 0. The molecular weight excluding hydrogens is 1270 g/mol. The Morgan fingerprint density at radius 2 is 0.958 bits per heavy atom. The molecule has 376 valence electrons. The molecule has 2 radical (unpaired) electrons. The van der Waals surface area contributed by atoms with Crippen LogP contribution in [0.4, 0.5) is 0 Å². The van der Waals surface area contributed by atoms with Gasteiger partial charge in [-0.15, -0.1) is 92.5 Å². The van der Waals surface area contributed by atoms with Crippen LogP contribution >= 0.6 is 22.7 Å². The van der Waals surface area contributed by atoms with E-state index in [0.29, 0.717) is 17.8 Å². The molecule has 0 aliphatic rings. The fraction of sp³-hybridized carbons (Fsp3) is 0.279. The molecule has 0 saturated carbocycles. The van der Waals surface area contributed by atoms with Crippen molar-refractivity contribution >= 4 is 54.4 Å². The molecule has 10 heteroatoms. The van der Waals surface area contributed by atoms with E-state index in [0.717, 1.165) is 33.6 Å². The number of nitrogens with zero attached hydrogens (tertiary/aromatic N) is 2. The second-order valence-corrected chi connectivity index (χ2v) is 20.8. The maximum Gasteiger partial charge on any atom is 0.155 e. The summed E-state index contributed by atoms with van der Waals surface area (Å²) in [5.41, 5.74) is 15.9. The van der Waals surface area contributed by atoms with Crippen LogP contribution in [0.5, 0.6) is 0 Å². The third-order valence-corrected chi connectivity index (χ3v) is 13.2. The molecule has 0 amide bonds. The number of aryl methyl sites for hydroxylation is 4. The molecule has 0 atom stereocenters. The molecule has 4 heterocycles. The molecule has 0 spiro atoms. The number of aliphatic hydroxyl groups excluding tert-OH is 2. The monoisotopic (exact) mass is 1340 g/mol. The summed E-state index contributed by atoms with van der Waals surface area (Å²) >= 11 is 3.70. The van der Waals surface area contributed by atoms with Gasteiger partial charge in [0, 0.05) is 94.7 Å². The molecule has 6 nitrogen and oxygen atoms in total. The van der Waals surface area contributed by atoms with Gasteiger partial charge in [-0.2, -0.15) is 0 Å². The molecule has 4 aromatic carbocycles. The van der Waals surface area contributed by atoms with Gasteiger partial charge in [-0.05, 0) is 96.8 Å². The Morgan fingerprint density at radius 3 is 1.31 bits per heavy atom. The van der Waals surface area contributed by atoms with Gasteiger partial charge in [-0.3, -0.25) is 9.59 Å². The number of aromatic nitrogens is 2. The van der Waals surface area contributed by atoms with Crippen LogP contribution in [0.25, 0.3) is 63.6 Å². The summed E-state index contributed by atoms with van der Waals surface area (Å²) in [6.07, 6.45) is 6.34. The summed E-state index contributed by atoms with van der Waals surface area (Å²) in [6, 6.07) is 40.2. The summed E-state index contributed by atoms with van der Waals surface area (Å²) in [4.78, 5) is 32.1. The van der Waals surface area contributed by atoms with E-state index in [4.69, 9.17) is 15.2 Å². The van der Waals surface area contributed by atoms with Gasteiger partial charge in [-0.25, -0.2) is 0 Å². The number of allylic oxidation sites excluding steroid dienone is 4. The van der Waals surface area contributed by atoms with Crippen molar-refractivity contribution in [2.45, 2.75) is 115 Å². The SMILES string of the molecule is CC(=O)C=C(C)O.CC(=O)C=C(C)O.Cc1[c-]c(-c2cc3sc(-c4c(C(C)C)cccc4C(C)C)cc3cn2)cc(C)c1.Cc1[c-]c(-c2cc3sc(-c4ccc(C(C)C)cc4)cc3cn2)cc(C)c1.[Ir].[Ir]. The molecular formula is C61H66Ir2N2O4S2-2.